The largest absolute Gasteiger partial charge is 0.339 e. The lowest BCUT2D eigenvalue weighted by Gasteiger charge is -2.43. The Balaban J connectivity index is 1.17. The van der Waals surface area contributed by atoms with Crippen molar-refractivity contribution < 1.29 is 4.79 Å². The van der Waals surface area contributed by atoms with E-state index in [-0.39, 0.29) is 5.91 Å². The minimum atomic E-state index is 0.241. The molecule has 8 heteroatoms. The van der Waals surface area contributed by atoms with Crippen molar-refractivity contribution >= 4 is 5.91 Å². The van der Waals surface area contributed by atoms with Crippen LogP contribution < -0.4 is 0 Å². The van der Waals surface area contributed by atoms with Gasteiger partial charge in [0.2, 0.25) is 5.91 Å². The Morgan fingerprint density at radius 2 is 1.93 bits per heavy atom. The number of hydrogen-bond donors (Lipinski definition) is 0. The molecule has 0 N–H and O–H groups in total. The molecule has 2 aliphatic heterocycles. The molecule has 2 aromatic rings. The van der Waals surface area contributed by atoms with E-state index in [0.29, 0.717) is 12.1 Å². The minimum Gasteiger partial charge on any atom is -0.339 e. The van der Waals surface area contributed by atoms with E-state index in [1.54, 1.807) is 12.3 Å². The summed E-state index contributed by atoms with van der Waals surface area (Å²) in [5.74, 6) is 0.241. The molecule has 0 atom stereocenters. The molecule has 0 spiro atoms. The molecule has 2 aromatic heterocycles. The first-order valence-electron chi connectivity index (χ1n) is 10.9. The molecular weight excluding hydrogens is 378 g/mol. The van der Waals surface area contributed by atoms with Gasteiger partial charge in [-0.2, -0.15) is 10.4 Å². The minimum absolute atomic E-state index is 0.241. The average Bonchev–Trinajstić information content (AvgIpc) is 3.16. The third-order valence-corrected chi connectivity index (χ3v) is 6.65. The number of hydrogen-bond acceptors (Lipinski definition) is 6. The van der Waals surface area contributed by atoms with Crippen LogP contribution in [0.4, 0.5) is 0 Å². The van der Waals surface area contributed by atoms with Crippen molar-refractivity contribution in [2.45, 2.75) is 38.4 Å². The second-order valence-corrected chi connectivity index (χ2v) is 8.50. The van der Waals surface area contributed by atoms with Crippen LogP contribution in [0.1, 0.15) is 30.5 Å². The van der Waals surface area contributed by atoms with Gasteiger partial charge in [-0.05, 0) is 31.0 Å². The van der Waals surface area contributed by atoms with Crippen LogP contribution in [0.2, 0.25) is 0 Å². The van der Waals surface area contributed by atoms with Gasteiger partial charge >= 0.3 is 0 Å². The quantitative estimate of drug-likeness (QED) is 0.763. The topological polar surface area (TPSA) is 81.3 Å². The van der Waals surface area contributed by atoms with Crippen LogP contribution in [-0.4, -0.2) is 80.7 Å². The van der Waals surface area contributed by atoms with Crippen molar-refractivity contribution in [2.24, 2.45) is 0 Å². The first kappa shape index (κ1) is 19.2. The number of rotatable bonds is 4. The summed E-state index contributed by atoms with van der Waals surface area (Å²) in [6.45, 7) is 6.53. The van der Waals surface area contributed by atoms with Gasteiger partial charge in [0.15, 0.2) is 0 Å². The van der Waals surface area contributed by atoms with Crippen molar-refractivity contribution in [1.82, 2.24) is 29.5 Å². The molecule has 0 bridgehead atoms. The third kappa shape index (κ3) is 3.83. The Bertz CT molecular complexity index is 949. The second kappa shape index (κ2) is 8.17. The van der Waals surface area contributed by atoms with Gasteiger partial charge < -0.3 is 4.90 Å². The lowest BCUT2D eigenvalue weighted by molar-refractivity contribution is -0.135. The SMILES string of the molecule is N#Cc1ccc(-c2cc3n(n2)CCN(CC(=O)N2CCN(C4CCC4)CC2)C3)nc1. The highest BCUT2D eigenvalue weighted by Gasteiger charge is 2.30. The van der Waals surface area contributed by atoms with Crippen LogP contribution in [0, 0.1) is 11.3 Å². The highest BCUT2D eigenvalue weighted by Crippen LogP contribution is 2.26. The average molecular weight is 406 g/mol. The zero-order valence-corrected chi connectivity index (χ0v) is 17.2. The molecule has 5 rings (SSSR count). The summed E-state index contributed by atoms with van der Waals surface area (Å²) in [5, 5.41) is 13.6. The van der Waals surface area contributed by atoms with E-state index in [2.05, 4.69) is 26.0 Å². The van der Waals surface area contributed by atoms with E-state index in [1.165, 1.54) is 19.3 Å². The molecule has 0 radical (unpaired) electrons. The van der Waals surface area contributed by atoms with Crippen LogP contribution in [0.5, 0.6) is 0 Å². The van der Waals surface area contributed by atoms with Gasteiger partial charge in [-0.25, -0.2) is 0 Å². The van der Waals surface area contributed by atoms with Gasteiger partial charge in [0.05, 0.1) is 30.0 Å². The van der Waals surface area contributed by atoms with Gasteiger partial charge in [-0.15, -0.1) is 0 Å². The fourth-order valence-electron chi connectivity index (χ4n) is 4.57. The maximum Gasteiger partial charge on any atom is 0.236 e. The number of carbonyl (C=O) groups is 1. The van der Waals surface area contributed by atoms with Gasteiger partial charge in [-0.3, -0.25) is 24.3 Å². The number of pyridine rings is 1. The van der Waals surface area contributed by atoms with Gasteiger partial charge in [-0.1, -0.05) is 6.42 Å². The Hall–Kier alpha value is -2.76. The number of nitriles is 1. The summed E-state index contributed by atoms with van der Waals surface area (Å²) in [6.07, 6.45) is 5.59. The number of piperazine rings is 1. The second-order valence-electron chi connectivity index (χ2n) is 8.50. The molecule has 156 valence electrons. The standard InChI is InChI=1S/C22H27N7O/c23-13-17-4-5-20(24-14-17)21-12-19-15-26(6-11-29(19)25-21)16-22(30)28-9-7-27(8-10-28)18-2-1-3-18/h4-5,12,14,18H,1-3,6-11,15-16H2. The molecule has 30 heavy (non-hydrogen) atoms. The van der Waals surface area contributed by atoms with Crippen LogP contribution in [0.15, 0.2) is 24.4 Å². The molecule has 1 aliphatic carbocycles. The molecule has 1 saturated carbocycles. The molecule has 4 heterocycles. The van der Waals surface area contributed by atoms with E-state index < -0.39 is 0 Å². The Morgan fingerprint density at radius 1 is 1.10 bits per heavy atom. The highest BCUT2D eigenvalue weighted by molar-refractivity contribution is 5.78. The van der Waals surface area contributed by atoms with E-state index >= 15 is 0 Å². The summed E-state index contributed by atoms with van der Waals surface area (Å²) in [7, 11) is 0. The Kier molecular flexibility index (Phi) is 5.23. The smallest absolute Gasteiger partial charge is 0.236 e. The number of amides is 1. The summed E-state index contributed by atoms with van der Waals surface area (Å²) in [5.41, 5.74) is 3.23. The van der Waals surface area contributed by atoms with Crippen LogP contribution in [0.3, 0.4) is 0 Å². The van der Waals surface area contributed by atoms with Crippen LogP contribution in [-0.2, 0) is 17.9 Å². The van der Waals surface area contributed by atoms with Gasteiger partial charge in [0.1, 0.15) is 11.8 Å². The zero-order valence-electron chi connectivity index (χ0n) is 17.2. The van der Waals surface area contributed by atoms with Crippen molar-refractivity contribution in [3.8, 4) is 17.5 Å². The summed E-state index contributed by atoms with van der Waals surface area (Å²) >= 11 is 0. The Morgan fingerprint density at radius 3 is 2.60 bits per heavy atom. The van der Waals surface area contributed by atoms with Crippen molar-refractivity contribution in [3.63, 3.8) is 0 Å². The fourth-order valence-corrected chi connectivity index (χ4v) is 4.57. The van der Waals surface area contributed by atoms with Gasteiger partial charge in [0.25, 0.3) is 0 Å². The van der Waals surface area contributed by atoms with Crippen LogP contribution in [0.25, 0.3) is 11.4 Å². The van der Waals surface area contributed by atoms with E-state index in [0.717, 1.165) is 68.9 Å². The van der Waals surface area contributed by atoms with E-state index in [4.69, 9.17) is 5.26 Å². The molecule has 2 fully saturated rings. The number of nitrogens with zero attached hydrogens (tertiary/aromatic N) is 7. The maximum atomic E-state index is 12.8. The number of carbonyl (C=O) groups excluding carboxylic acids is 1. The van der Waals surface area contributed by atoms with Crippen molar-refractivity contribution in [1.29, 1.82) is 5.26 Å². The van der Waals surface area contributed by atoms with Crippen molar-refractivity contribution in [2.75, 3.05) is 39.3 Å². The molecule has 1 saturated heterocycles. The number of aromatic nitrogens is 3. The first-order chi connectivity index (χ1) is 14.7. The normalized spacial score (nSPS) is 20.4. The molecular formula is C22H27N7O. The van der Waals surface area contributed by atoms with E-state index in [9.17, 15) is 4.79 Å². The molecule has 3 aliphatic rings. The lowest BCUT2D eigenvalue weighted by Crippen LogP contribution is -2.55. The maximum absolute atomic E-state index is 12.8. The molecule has 0 aromatic carbocycles. The zero-order chi connectivity index (χ0) is 20.5. The predicted molar refractivity (Wildman–Crippen MR) is 111 cm³/mol. The molecule has 8 nitrogen and oxygen atoms in total. The van der Waals surface area contributed by atoms with Crippen LogP contribution >= 0.6 is 0 Å². The predicted octanol–water partition coefficient (Wildman–Crippen LogP) is 1.33. The third-order valence-electron chi connectivity index (χ3n) is 6.65. The van der Waals surface area contributed by atoms with Gasteiger partial charge in [0, 0.05) is 51.5 Å². The summed E-state index contributed by atoms with van der Waals surface area (Å²) in [4.78, 5) is 24.0. The number of fused-ring (bicyclic) bond motifs is 1. The molecule has 0 unspecified atom stereocenters. The van der Waals surface area contributed by atoms with Crippen molar-refractivity contribution in [3.05, 3.63) is 35.7 Å². The van der Waals surface area contributed by atoms with E-state index in [1.807, 2.05) is 21.7 Å². The fraction of sp³-hybridized carbons (Fsp3) is 0.545. The first-order valence-corrected chi connectivity index (χ1v) is 10.9. The highest BCUT2D eigenvalue weighted by atomic mass is 16.2. The lowest BCUT2D eigenvalue weighted by atomic mass is 9.91. The summed E-state index contributed by atoms with van der Waals surface area (Å²) < 4.78 is 2.01. The monoisotopic (exact) mass is 405 g/mol. The Labute approximate surface area is 176 Å². The molecule has 1 amide bonds. The summed E-state index contributed by atoms with van der Waals surface area (Å²) in [6, 6.07) is 8.49.